The largest absolute Gasteiger partial charge is 0.340 e. The third-order valence-electron chi connectivity index (χ3n) is 5.37. The van der Waals surface area contributed by atoms with Crippen molar-refractivity contribution in [3.63, 3.8) is 0 Å². The highest BCUT2D eigenvalue weighted by molar-refractivity contribution is 7.89. The molecule has 1 saturated heterocycles. The zero-order chi connectivity index (χ0) is 22.1. The van der Waals surface area contributed by atoms with Crippen molar-refractivity contribution >= 4 is 33.1 Å². The minimum Gasteiger partial charge on any atom is -0.340 e. The van der Waals surface area contributed by atoms with Crippen molar-refractivity contribution in [3.05, 3.63) is 50.7 Å². The number of hydrogen-bond acceptors (Lipinski definition) is 5. The fraction of sp³-hybridized carbons (Fsp3) is 0.455. The fourth-order valence-electron chi connectivity index (χ4n) is 3.97. The summed E-state index contributed by atoms with van der Waals surface area (Å²) in [7, 11) is -3.61. The number of ketones is 1. The molecule has 0 saturated carbocycles. The molecule has 0 bridgehead atoms. The number of rotatable bonds is 6. The van der Waals surface area contributed by atoms with E-state index in [0.29, 0.717) is 22.9 Å². The zero-order valence-electron chi connectivity index (χ0n) is 17.9. The first-order valence-electron chi connectivity index (χ1n) is 10.0. The van der Waals surface area contributed by atoms with E-state index in [9.17, 15) is 18.0 Å². The Morgan fingerprint density at radius 2 is 1.53 bits per heavy atom. The smallest absolute Gasteiger partial charge is 0.243 e. The van der Waals surface area contributed by atoms with Gasteiger partial charge in [0.2, 0.25) is 15.9 Å². The number of carbonyl (C=O) groups excluding carboxylic acids is 2. The van der Waals surface area contributed by atoms with Crippen LogP contribution in [-0.2, 0) is 14.8 Å². The second-order valence-electron chi connectivity index (χ2n) is 7.85. The van der Waals surface area contributed by atoms with Crippen molar-refractivity contribution in [1.29, 1.82) is 0 Å². The summed E-state index contributed by atoms with van der Waals surface area (Å²) in [5.41, 5.74) is 2.52. The average Bonchev–Trinajstić information content (AvgIpc) is 3.11. The van der Waals surface area contributed by atoms with Crippen molar-refractivity contribution in [2.24, 2.45) is 0 Å². The van der Waals surface area contributed by atoms with Crippen LogP contribution in [0.1, 0.15) is 44.1 Å². The number of sulfonamides is 1. The molecular formula is C22H28N2O4S2. The quantitative estimate of drug-likeness (QED) is 0.634. The van der Waals surface area contributed by atoms with Gasteiger partial charge in [-0.3, -0.25) is 9.59 Å². The number of Topliss-reactive ketones (excluding diaryl/α,β-unsaturated/α-hetero) is 1. The third kappa shape index (κ3) is 4.82. The monoisotopic (exact) mass is 448 g/mol. The Labute approximate surface area is 182 Å². The van der Waals surface area contributed by atoms with E-state index in [-0.39, 0.29) is 37.6 Å². The van der Waals surface area contributed by atoms with Crippen LogP contribution in [-0.4, -0.2) is 55.5 Å². The van der Waals surface area contributed by atoms with Crippen molar-refractivity contribution in [3.8, 4) is 0 Å². The highest BCUT2D eigenvalue weighted by Gasteiger charge is 2.32. The molecule has 0 atom stereocenters. The Morgan fingerprint density at radius 3 is 2.07 bits per heavy atom. The molecule has 30 heavy (non-hydrogen) atoms. The lowest BCUT2D eigenvalue weighted by Gasteiger charge is -2.34. The van der Waals surface area contributed by atoms with Crippen LogP contribution in [0.15, 0.2) is 29.2 Å². The van der Waals surface area contributed by atoms with Crippen LogP contribution in [0.4, 0.5) is 0 Å². The number of carbonyl (C=O) groups is 2. The van der Waals surface area contributed by atoms with E-state index in [1.54, 1.807) is 11.0 Å². The lowest BCUT2D eigenvalue weighted by molar-refractivity contribution is -0.132. The molecule has 3 rings (SSSR count). The number of thiophene rings is 1. The number of benzene rings is 1. The van der Waals surface area contributed by atoms with E-state index in [4.69, 9.17) is 0 Å². The van der Waals surface area contributed by atoms with Crippen LogP contribution in [0.2, 0.25) is 0 Å². The van der Waals surface area contributed by atoms with Gasteiger partial charge in [-0.05, 0) is 51.0 Å². The van der Waals surface area contributed by atoms with Crippen LogP contribution in [0, 0.1) is 27.7 Å². The van der Waals surface area contributed by atoms with Gasteiger partial charge >= 0.3 is 0 Å². The van der Waals surface area contributed by atoms with Crippen LogP contribution >= 0.6 is 11.3 Å². The normalized spacial score (nSPS) is 15.4. The Hall–Kier alpha value is -2.03. The predicted molar refractivity (Wildman–Crippen MR) is 119 cm³/mol. The third-order valence-corrected chi connectivity index (χ3v) is 8.62. The van der Waals surface area contributed by atoms with E-state index in [2.05, 4.69) is 0 Å². The molecule has 6 nitrogen and oxygen atoms in total. The second kappa shape index (κ2) is 8.99. The van der Waals surface area contributed by atoms with E-state index >= 15 is 0 Å². The summed E-state index contributed by atoms with van der Waals surface area (Å²) in [6, 6.07) is 7.46. The van der Waals surface area contributed by atoms with Crippen LogP contribution in [0.5, 0.6) is 0 Å². The number of hydrogen-bond donors (Lipinski definition) is 0. The molecule has 2 aromatic rings. The molecule has 1 aliphatic rings. The molecule has 0 aliphatic carbocycles. The molecule has 1 fully saturated rings. The fourth-order valence-corrected chi connectivity index (χ4v) is 6.64. The Kier molecular flexibility index (Phi) is 6.79. The molecule has 0 N–H and O–H groups in total. The second-order valence-corrected chi connectivity index (χ2v) is 11.0. The summed E-state index contributed by atoms with van der Waals surface area (Å²) in [5.74, 6) is -0.121. The highest BCUT2D eigenvalue weighted by Crippen LogP contribution is 2.26. The first kappa shape index (κ1) is 22.7. The number of nitrogens with zero attached hydrogens (tertiary/aromatic N) is 2. The van der Waals surface area contributed by atoms with Crippen molar-refractivity contribution in [2.45, 2.75) is 45.4 Å². The zero-order valence-corrected chi connectivity index (χ0v) is 19.5. The van der Waals surface area contributed by atoms with Gasteiger partial charge in [-0.15, -0.1) is 11.3 Å². The molecule has 1 aromatic carbocycles. The minimum atomic E-state index is -3.61. The van der Waals surface area contributed by atoms with Gasteiger partial charge in [-0.2, -0.15) is 4.31 Å². The Morgan fingerprint density at radius 1 is 0.933 bits per heavy atom. The minimum absolute atomic E-state index is 0.0204. The molecule has 1 aromatic heterocycles. The first-order valence-corrected chi connectivity index (χ1v) is 12.3. The number of piperazine rings is 1. The van der Waals surface area contributed by atoms with Gasteiger partial charge < -0.3 is 4.90 Å². The molecule has 0 unspecified atom stereocenters. The van der Waals surface area contributed by atoms with E-state index < -0.39 is 10.0 Å². The van der Waals surface area contributed by atoms with Gasteiger partial charge in [0.25, 0.3) is 0 Å². The van der Waals surface area contributed by atoms with E-state index in [1.807, 2.05) is 45.9 Å². The standard InChI is InChI=1S/C22H28N2O4S2/c1-15-13-16(2)22(17(3)14-15)30(27,28)24-11-9-23(10-12-24)21(26)8-6-19(25)20-7-5-18(4)29-20/h5,7,13-14H,6,8-12H2,1-4H3. The van der Waals surface area contributed by atoms with E-state index in [1.165, 1.54) is 15.6 Å². The molecule has 1 amide bonds. The Balaban J connectivity index is 1.59. The maximum absolute atomic E-state index is 13.2. The lowest BCUT2D eigenvalue weighted by atomic mass is 10.1. The van der Waals surface area contributed by atoms with Gasteiger partial charge in [0, 0.05) is 43.9 Å². The summed E-state index contributed by atoms with van der Waals surface area (Å²) >= 11 is 1.44. The predicted octanol–water partition coefficient (Wildman–Crippen LogP) is 3.48. The highest BCUT2D eigenvalue weighted by atomic mass is 32.2. The van der Waals surface area contributed by atoms with E-state index in [0.717, 1.165) is 21.6 Å². The van der Waals surface area contributed by atoms with Crippen LogP contribution in [0.3, 0.4) is 0 Å². The van der Waals surface area contributed by atoms with Crippen molar-refractivity contribution in [1.82, 2.24) is 9.21 Å². The first-order chi connectivity index (χ1) is 14.1. The van der Waals surface area contributed by atoms with Gasteiger partial charge in [-0.25, -0.2) is 8.42 Å². The molecule has 0 spiro atoms. The number of amides is 1. The van der Waals surface area contributed by atoms with Gasteiger partial charge in [0.05, 0.1) is 9.77 Å². The van der Waals surface area contributed by atoms with Crippen LogP contribution < -0.4 is 0 Å². The molecule has 0 radical (unpaired) electrons. The average molecular weight is 449 g/mol. The van der Waals surface area contributed by atoms with Gasteiger partial charge in [-0.1, -0.05) is 17.7 Å². The summed E-state index contributed by atoms with van der Waals surface area (Å²) < 4.78 is 27.8. The molecule has 2 heterocycles. The molecule has 8 heteroatoms. The molecule has 162 valence electrons. The summed E-state index contributed by atoms with van der Waals surface area (Å²) in [4.78, 5) is 28.5. The van der Waals surface area contributed by atoms with Gasteiger partial charge in [0.15, 0.2) is 5.78 Å². The SMILES string of the molecule is Cc1cc(C)c(S(=O)(=O)N2CCN(C(=O)CCC(=O)c3ccc(C)s3)CC2)c(C)c1. The lowest BCUT2D eigenvalue weighted by Crippen LogP contribution is -2.50. The van der Waals surface area contributed by atoms with Gasteiger partial charge in [0.1, 0.15) is 0 Å². The van der Waals surface area contributed by atoms with Crippen molar-refractivity contribution < 1.29 is 18.0 Å². The Bertz CT molecular complexity index is 1040. The summed E-state index contributed by atoms with van der Waals surface area (Å²) in [5, 5.41) is 0. The van der Waals surface area contributed by atoms with Crippen molar-refractivity contribution in [2.75, 3.05) is 26.2 Å². The maximum atomic E-state index is 13.2. The maximum Gasteiger partial charge on any atom is 0.243 e. The summed E-state index contributed by atoms with van der Waals surface area (Å²) in [6.45, 7) is 8.74. The summed E-state index contributed by atoms with van der Waals surface area (Å²) in [6.07, 6.45) is 0.331. The van der Waals surface area contributed by atoms with Crippen LogP contribution in [0.25, 0.3) is 0 Å². The molecular weight excluding hydrogens is 420 g/mol. The molecule has 1 aliphatic heterocycles. The number of aryl methyl sites for hydroxylation is 4. The topological polar surface area (TPSA) is 74.8 Å².